The van der Waals surface area contributed by atoms with E-state index in [2.05, 4.69) is 30.9 Å². The molecule has 2 nitrogen and oxygen atoms in total. The number of allylic oxidation sites excluding steroid dienone is 3. The molecule has 0 bridgehead atoms. The maximum Gasteiger partial charge on any atom is 0.229 e. The van der Waals surface area contributed by atoms with Crippen LogP contribution < -0.4 is 0 Å². The molecule has 0 saturated heterocycles. The summed E-state index contributed by atoms with van der Waals surface area (Å²) in [6, 6.07) is 0. The van der Waals surface area contributed by atoms with Gasteiger partial charge in [0.1, 0.15) is 0 Å². The Hall–Kier alpha value is -1.31. The largest absolute Gasteiger partial charge is 0.316 e. The quantitative estimate of drug-likeness (QED) is 0.665. The molecule has 2 aliphatic carbocycles. The van der Waals surface area contributed by atoms with Crippen molar-refractivity contribution >= 4 is 5.91 Å². The summed E-state index contributed by atoms with van der Waals surface area (Å²) in [5, 5.41) is 0. The van der Waals surface area contributed by atoms with Gasteiger partial charge in [-0.05, 0) is 44.2 Å². The van der Waals surface area contributed by atoms with Gasteiger partial charge in [-0.1, -0.05) is 30.9 Å². The Morgan fingerprint density at radius 2 is 2.18 bits per heavy atom. The van der Waals surface area contributed by atoms with Crippen LogP contribution in [-0.4, -0.2) is 17.4 Å². The molecule has 92 valence electrons. The molecule has 0 aliphatic heterocycles. The number of carbonyl (C=O) groups is 1. The van der Waals surface area contributed by atoms with Gasteiger partial charge in [0.25, 0.3) is 0 Å². The van der Waals surface area contributed by atoms with Crippen LogP contribution in [0.25, 0.3) is 0 Å². The van der Waals surface area contributed by atoms with Gasteiger partial charge >= 0.3 is 0 Å². The number of hydrogen-bond donors (Lipinski definition) is 0. The van der Waals surface area contributed by atoms with Crippen LogP contribution in [0.1, 0.15) is 32.1 Å². The van der Waals surface area contributed by atoms with E-state index < -0.39 is 0 Å². The van der Waals surface area contributed by atoms with Gasteiger partial charge in [-0.25, -0.2) is 0 Å². The first-order valence-corrected chi connectivity index (χ1v) is 6.56. The van der Waals surface area contributed by atoms with Crippen molar-refractivity contribution in [2.45, 2.75) is 32.1 Å². The predicted octanol–water partition coefficient (Wildman–Crippen LogP) is 3.28. The Kier molecular flexibility index (Phi) is 4.18. The van der Waals surface area contributed by atoms with Gasteiger partial charge in [0.05, 0.1) is 0 Å². The van der Waals surface area contributed by atoms with E-state index in [4.69, 9.17) is 0 Å². The monoisotopic (exact) mass is 231 g/mol. The third-order valence-electron chi connectivity index (χ3n) is 3.45. The van der Waals surface area contributed by atoms with E-state index in [1.54, 1.807) is 11.1 Å². The topological polar surface area (TPSA) is 20.3 Å². The van der Waals surface area contributed by atoms with Crippen LogP contribution in [0, 0.1) is 11.8 Å². The molecule has 0 radical (unpaired) electrons. The highest BCUT2D eigenvalue weighted by Gasteiger charge is 2.32. The average Bonchev–Trinajstić information content (AvgIpc) is 3.19. The lowest BCUT2D eigenvalue weighted by Gasteiger charge is -2.17. The summed E-state index contributed by atoms with van der Waals surface area (Å²) in [4.78, 5) is 13.6. The lowest BCUT2D eigenvalue weighted by Crippen LogP contribution is -2.26. The minimum absolute atomic E-state index is 0.244. The summed E-state index contributed by atoms with van der Waals surface area (Å²) in [6.07, 6.45) is 16.2. The van der Waals surface area contributed by atoms with Crippen molar-refractivity contribution in [1.29, 1.82) is 0 Å². The molecule has 0 spiro atoms. The molecule has 2 aliphatic rings. The maximum atomic E-state index is 11.8. The van der Waals surface area contributed by atoms with E-state index in [0.717, 1.165) is 19.3 Å². The minimum atomic E-state index is 0.244. The second-order valence-electron chi connectivity index (χ2n) is 4.92. The Bertz CT molecular complexity index is 339. The van der Waals surface area contributed by atoms with E-state index in [1.807, 2.05) is 0 Å². The van der Waals surface area contributed by atoms with Gasteiger partial charge in [0.2, 0.25) is 5.91 Å². The minimum Gasteiger partial charge on any atom is -0.316 e. The zero-order valence-electron chi connectivity index (χ0n) is 10.3. The second-order valence-corrected chi connectivity index (χ2v) is 4.92. The predicted molar refractivity (Wildman–Crippen MR) is 70.3 cm³/mol. The zero-order chi connectivity index (χ0) is 12.1. The highest BCUT2D eigenvalue weighted by atomic mass is 16.2. The summed E-state index contributed by atoms with van der Waals surface area (Å²) in [5.74, 6) is 1.18. The van der Waals surface area contributed by atoms with Gasteiger partial charge in [-0.3, -0.25) is 4.79 Å². The van der Waals surface area contributed by atoms with Crippen molar-refractivity contribution in [2.24, 2.45) is 11.8 Å². The molecule has 0 aromatic rings. The molecule has 0 N–H and O–H groups in total. The number of amides is 1. The van der Waals surface area contributed by atoms with Crippen molar-refractivity contribution in [2.75, 3.05) is 6.54 Å². The summed E-state index contributed by atoms with van der Waals surface area (Å²) in [5.41, 5.74) is 0. The number of nitrogens with zero attached hydrogens (tertiary/aromatic N) is 1. The van der Waals surface area contributed by atoms with E-state index in [9.17, 15) is 4.79 Å². The maximum absolute atomic E-state index is 11.8. The molecule has 2 rings (SSSR count). The van der Waals surface area contributed by atoms with E-state index in [-0.39, 0.29) is 11.8 Å². The van der Waals surface area contributed by atoms with Crippen molar-refractivity contribution in [3.63, 3.8) is 0 Å². The standard InChI is InChI=1S/C15H21NO/c1-2-16(15(17)14-10-11-14)12-6-9-13-7-4-3-5-8-13/h2-4,6,9,13-14H,1,5,7-8,10-12H2/b9-6-. The zero-order valence-corrected chi connectivity index (χ0v) is 10.3. The lowest BCUT2D eigenvalue weighted by atomic mass is 9.94. The fraction of sp³-hybridized carbons (Fsp3) is 0.533. The molecule has 0 aromatic carbocycles. The lowest BCUT2D eigenvalue weighted by molar-refractivity contribution is -0.129. The van der Waals surface area contributed by atoms with Gasteiger partial charge in [0.15, 0.2) is 0 Å². The van der Waals surface area contributed by atoms with Crippen LogP contribution in [0.4, 0.5) is 0 Å². The molecule has 1 saturated carbocycles. The normalized spacial score (nSPS) is 23.9. The third kappa shape index (κ3) is 3.58. The molecule has 0 aromatic heterocycles. The summed E-state index contributed by atoms with van der Waals surface area (Å²) < 4.78 is 0. The fourth-order valence-corrected chi connectivity index (χ4v) is 2.18. The van der Waals surface area contributed by atoms with E-state index in [1.165, 1.54) is 12.8 Å². The molecule has 1 unspecified atom stereocenters. The first kappa shape index (κ1) is 12.2. The van der Waals surface area contributed by atoms with E-state index in [0.29, 0.717) is 12.5 Å². The number of carbonyl (C=O) groups excluding carboxylic acids is 1. The van der Waals surface area contributed by atoms with Crippen molar-refractivity contribution < 1.29 is 4.79 Å². The van der Waals surface area contributed by atoms with Crippen LogP contribution in [0.5, 0.6) is 0 Å². The molecule has 2 heteroatoms. The highest BCUT2D eigenvalue weighted by Crippen LogP contribution is 2.31. The average molecular weight is 231 g/mol. The van der Waals surface area contributed by atoms with Crippen LogP contribution in [0.3, 0.4) is 0 Å². The molecule has 1 amide bonds. The SMILES string of the molecule is C=CN(C/C=C\C1CC=CCC1)C(=O)C1CC1. The van der Waals surface area contributed by atoms with Crippen LogP contribution in [-0.2, 0) is 4.79 Å². The molecule has 17 heavy (non-hydrogen) atoms. The summed E-state index contributed by atoms with van der Waals surface area (Å²) >= 11 is 0. The Morgan fingerprint density at radius 3 is 2.76 bits per heavy atom. The Labute approximate surface area is 104 Å². The Morgan fingerprint density at radius 1 is 1.35 bits per heavy atom. The highest BCUT2D eigenvalue weighted by molar-refractivity contribution is 5.82. The van der Waals surface area contributed by atoms with Gasteiger partial charge in [-0.15, -0.1) is 0 Å². The van der Waals surface area contributed by atoms with Crippen molar-refractivity contribution in [3.05, 3.63) is 37.1 Å². The fourth-order valence-electron chi connectivity index (χ4n) is 2.18. The smallest absolute Gasteiger partial charge is 0.229 e. The van der Waals surface area contributed by atoms with Crippen molar-refractivity contribution in [1.82, 2.24) is 4.90 Å². The van der Waals surface area contributed by atoms with Crippen LogP contribution in [0.2, 0.25) is 0 Å². The molecule has 1 atom stereocenters. The summed E-state index contributed by atoms with van der Waals surface area (Å²) in [7, 11) is 0. The molecular weight excluding hydrogens is 210 g/mol. The van der Waals surface area contributed by atoms with Crippen molar-refractivity contribution in [3.8, 4) is 0 Å². The second kappa shape index (κ2) is 5.85. The van der Waals surface area contributed by atoms with E-state index >= 15 is 0 Å². The van der Waals surface area contributed by atoms with Gasteiger partial charge in [-0.2, -0.15) is 0 Å². The van der Waals surface area contributed by atoms with Crippen LogP contribution >= 0.6 is 0 Å². The van der Waals surface area contributed by atoms with Crippen LogP contribution in [0.15, 0.2) is 37.1 Å². The molecule has 1 fully saturated rings. The third-order valence-corrected chi connectivity index (χ3v) is 3.45. The number of rotatable bonds is 5. The van der Waals surface area contributed by atoms with Gasteiger partial charge < -0.3 is 4.90 Å². The molecular formula is C15H21NO. The first-order chi connectivity index (χ1) is 8.31. The molecule has 0 heterocycles. The number of hydrogen-bond acceptors (Lipinski definition) is 1. The van der Waals surface area contributed by atoms with Gasteiger partial charge in [0, 0.05) is 12.5 Å². The Balaban J connectivity index is 1.78. The first-order valence-electron chi connectivity index (χ1n) is 6.56. The summed E-state index contributed by atoms with van der Waals surface area (Å²) in [6.45, 7) is 4.40.